The number of hydrogen-bond acceptors (Lipinski definition) is 6. The Morgan fingerprint density at radius 2 is 1.90 bits per heavy atom. The molecule has 0 bridgehead atoms. The minimum atomic E-state index is 0.212. The smallest absolute Gasteiger partial charge is 0.328 e. The lowest BCUT2D eigenvalue weighted by Gasteiger charge is -2.07. The van der Waals surface area contributed by atoms with Gasteiger partial charge in [-0.2, -0.15) is 20.1 Å². The molecule has 1 N–H and O–H groups in total. The first-order chi connectivity index (χ1) is 10.2. The fourth-order valence-corrected chi connectivity index (χ4v) is 1.70. The van der Waals surface area contributed by atoms with Crippen LogP contribution in [-0.2, 0) is 0 Å². The summed E-state index contributed by atoms with van der Waals surface area (Å²) >= 11 is 0. The average Bonchev–Trinajstić information content (AvgIpc) is 3.04. The standard InChI is InChI=1S/C14H14N6O/c1-10-4-6-11(7-5-10)21-14-18-12(15-2)17-13(19-14)20-9-3-8-16-20/h3-9H,1-2H3,(H,15,17,18,19). The van der Waals surface area contributed by atoms with Gasteiger partial charge in [0.25, 0.3) is 5.95 Å². The molecule has 7 nitrogen and oxygen atoms in total. The third kappa shape index (κ3) is 2.97. The summed E-state index contributed by atoms with van der Waals surface area (Å²) in [6.07, 6.45) is 3.41. The number of nitrogens with one attached hydrogen (secondary N) is 1. The predicted molar refractivity (Wildman–Crippen MR) is 77.7 cm³/mol. The Hall–Kier alpha value is -2.96. The molecule has 0 spiro atoms. The molecule has 0 aliphatic carbocycles. The molecule has 21 heavy (non-hydrogen) atoms. The van der Waals surface area contributed by atoms with Crippen molar-refractivity contribution in [2.75, 3.05) is 12.4 Å². The predicted octanol–water partition coefficient (Wildman–Crippen LogP) is 2.20. The molecule has 0 amide bonds. The van der Waals surface area contributed by atoms with E-state index < -0.39 is 0 Å². The van der Waals surface area contributed by atoms with E-state index in [2.05, 4.69) is 25.4 Å². The van der Waals surface area contributed by atoms with Crippen molar-refractivity contribution in [3.8, 4) is 17.7 Å². The molecule has 0 unspecified atom stereocenters. The van der Waals surface area contributed by atoms with Crippen LogP contribution in [0.3, 0.4) is 0 Å². The van der Waals surface area contributed by atoms with E-state index in [1.54, 1.807) is 30.2 Å². The number of benzene rings is 1. The zero-order valence-corrected chi connectivity index (χ0v) is 11.7. The van der Waals surface area contributed by atoms with Crippen LogP contribution in [0.1, 0.15) is 5.56 Å². The van der Waals surface area contributed by atoms with Gasteiger partial charge in [0.15, 0.2) is 0 Å². The highest BCUT2D eigenvalue weighted by Crippen LogP contribution is 2.19. The Morgan fingerprint density at radius 3 is 2.57 bits per heavy atom. The number of aromatic nitrogens is 5. The van der Waals surface area contributed by atoms with Crippen LogP contribution in [0.2, 0.25) is 0 Å². The molecule has 0 saturated carbocycles. The van der Waals surface area contributed by atoms with Crippen molar-refractivity contribution in [3.63, 3.8) is 0 Å². The Bertz CT molecular complexity index is 724. The quantitative estimate of drug-likeness (QED) is 0.790. The second-order valence-corrected chi connectivity index (χ2v) is 4.36. The van der Waals surface area contributed by atoms with Crippen molar-refractivity contribution in [3.05, 3.63) is 48.3 Å². The van der Waals surface area contributed by atoms with Crippen LogP contribution in [-0.4, -0.2) is 31.8 Å². The van der Waals surface area contributed by atoms with E-state index in [4.69, 9.17) is 4.74 Å². The van der Waals surface area contributed by atoms with Crippen LogP contribution in [0.4, 0.5) is 5.95 Å². The molecular weight excluding hydrogens is 268 g/mol. The van der Waals surface area contributed by atoms with Gasteiger partial charge >= 0.3 is 6.01 Å². The molecule has 0 atom stereocenters. The summed E-state index contributed by atoms with van der Waals surface area (Å²) < 4.78 is 7.22. The van der Waals surface area contributed by atoms with Crippen LogP contribution in [0, 0.1) is 6.92 Å². The van der Waals surface area contributed by atoms with Crippen LogP contribution in [0.5, 0.6) is 11.8 Å². The monoisotopic (exact) mass is 282 g/mol. The van der Waals surface area contributed by atoms with Crippen molar-refractivity contribution in [1.82, 2.24) is 24.7 Å². The largest absolute Gasteiger partial charge is 0.424 e. The topological polar surface area (TPSA) is 77.8 Å². The first-order valence-corrected chi connectivity index (χ1v) is 6.43. The first kappa shape index (κ1) is 13.0. The fraction of sp³-hybridized carbons (Fsp3) is 0.143. The molecule has 106 valence electrons. The van der Waals surface area contributed by atoms with Crippen LogP contribution >= 0.6 is 0 Å². The number of nitrogens with zero attached hydrogens (tertiary/aromatic N) is 5. The van der Waals surface area contributed by atoms with Crippen LogP contribution in [0.15, 0.2) is 42.7 Å². The van der Waals surface area contributed by atoms with Crippen LogP contribution in [0.25, 0.3) is 5.95 Å². The molecule has 7 heteroatoms. The maximum atomic E-state index is 5.67. The highest BCUT2D eigenvalue weighted by molar-refractivity contribution is 5.32. The van der Waals surface area contributed by atoms with Gasteiger partial charge in [-0.1, -0.05) is 17.7 Å². The van der Waals surface area contributed by atoms with E-state index in [0.717, 1.165) is 5.56 Å². The molecule has 0 radical (unpaired) electrons. The van der Waals surface area contributed by atoms with Crippen LogP contribution < -0.4 is 10.1 Å². The normalized spacial score (nSPS) is 10.4. The summed E-state index contributed by atoms with van der Waals surface area (Å²) in [6, 6.07) is 9.66. The zero-order chi connectivity index (χ0) is 14.7. The van der Waals surface area contributed by atoms with Gasteiger partial charge < -0.3 is 10.1 Å². The van der Waals surface area contributed by atoms with Gasteiger partial charge in [-0.15, -0.1) is 0 Å². The lowest BCUT2D eigenvalue weighted by atomic mass is 10.2. The summed E-state index contributed by atoms with van der Waals surface area (Å²) in [6.45, 7) is 2.02. The summed E-state index contributed by atoms with van der Waals surface area (Å²) in [4.78, 5) is 12.7. The Labute approximate surface area is 121 Å². The number of aryl methyl sites for hydroxylation is 1. The highest BCUT2D eigenvalue weighted by Gasteiger charge is 2.09. The average molecular weight is 282 g/mol. The molecule has 0 aliphatic heterocycles. The van der Waals surface area contributed by atoms with E-state index in [1.165, 1.54) is 0 Å². The van der Waals surface area contributed by atoms with Gasteiger partial charge in [-0.05, 0) is 25.1 Å². The Morgan fingerprint density at radius 1 is 1.10 bits per heavy atom. The molecule has 2 aromatic heterocycles. The number of ether oxygens (including phenoxy) is 1. The van der Waals surface area contributed by atoms with Gasteiger partial charge in [-0.25, -0.2) is 4.68 Å². The number of hydrogen-bond donors (Lipinski definition) is 1. The van der Waals surface area contributed by atoms with Crippen molar-refractivity contribution in [2.24, 2.45) is 0 Å². The van der Waals surface area contributed by atoms with E-state index in [9.17, 15) is 0 Å². The van der Waals surface area contributed by atoms with E-state index in [0.29, 0.717) is 17.6 Å². The molecule has 0 aliphatic rings. The second kappa shape index (κ2) is 5.58. The molecular formula is C14H14N6O. The number of rotatable bonds is 4. The lowest BCUT2D eigenvalue weighted by molar-refractivity contribution is 0.438. The minimum Gasteiger partial charge on any atom is -0.424 e. The second-order valence-electron chi connectivity index (χ2n) is 4.36. The Balaban J connectivity index is 1.94. The van der Waals surface area contributed by atoms with Gasteiger partial charge in [-0.3, -0.25) is 0 Å². The van der Waals surface area contributed by atoms with E-state index in [1.807, 2.05) is 31.2 Å². The summed E-state index contributed by atoms with van der Waals surface area (Å²) in [5.74, 6) is 1.47. The lowest BCUT2D eigenvalue weighted by Crippen LogP contribution is -2.08. The molecule has 0 saturated heterocycles. The maximum absolute atomic E-state index is 5.67. The maximum Gasteiger partial charge on any atom is 0.328 e. The van der Waals surface area contributed by atoms with Gasteiger partial charge in [0.05, 0.1) is 0 Å². The van der Waals surface area contributed by atoms with Gasteiger partial charge in [0, 0.05) is 19.4 Å². The molecule has 0 fully saturated rings. The summed E-state index contributed by atoms with van der Waals surface area (Å²) in [5.41, 5.74) is 1.16. The third-order valence-corrected chi connectivity index (χ3v) is 2.77. The zero-order valence-electron chi connectivity index (χ0n) is 11.7. The van der Waals surface area contributed by atoms with Crippen molar-refractivity contribution in [2.45, 2.75) is 6.92 Å². The molecule has 3 aromatic rings. The van der Waals surface area contributed by atoms with Crippen molar-refractivity contribution in [1.29, 1.82) is 0 Å². The summed E-state index contributed by atoms with van der Waals surface area (Å²) in [7, 11) is 1.73. The molecule has 3 rings (SSSR count). The SMILES string of the molecule is CNc1nc(Oc2ccc(C)cc2)nc(-n2cccn2)n1. The molecule has 2 heterocycles. The Kier molecular flexibility index (Phi) is 3.46. The fourth-order valence-electron chi connectivity index (χ4n) is 1.70. The van der Waals surface area contributed by atoms with E-state index in [-0.39, 0.29) is 6.01 Å². The van der Waals surface area contributed by atoms with E-state index >= 15 is 0 Å². The highest BCUT2D eigenvalue weighted by atomic mass is 16.5. The first-order valence-electron chi connectivity index (χ1n) is 6.43. The minimum absolute atomic E-state index is 0.212. The van der Waals surface area contributed by atoms with Gasteiger partial charge in [0.2, 0.25) is 5.95 Å². The third-order valence-electron chi connectivity index (χ3n) is 2.77. The van der Waals surface area contributed by atoms with Crippen molar-refractivity contribution >= 4 is 5.95 Å². The molecule has 1 aromatic carbocycles. The van der Waals surface area contributed by atoms with Gasteiger partial charge in [0.1, 0.15) is 5.75 Å². The number of anilines is 1. The van der Waals surface area contributed by atoms with Crippen molar-refractivity contribution < 1.29 is 4.74 Å². The summed E-state index contributed by atoms with van der Waals surface area (Å²) in [5, 5.41) is 6.98.